The van der Waals surface area contributed by atoms with Crippen molar-refractivity contribution in [2.75, 3.05) is 7.05 Å². The first kappa shape index (κ1) is 21.3. The highest BCUT2D eigenvalue weighted by Crippen LogP contribution is 2.20. The van der Waals surface area contributed by atoms with Crippen LogP contribution in [0.5, 0.6) is 0 Å². The second-order valence-corrected chi connectivity index (χ2v) is 9.24. The van der Waals surface area contributed by atoms with E-state index in [0.717, 1.165) is 33.6 Å². The van der Waals surface area contributed by atoms with Gasteiger partial charge in [0.15, 0.2) is 0 Å². The first-order valence-corrected chi connectivity index (χ1v) is 11.9. The first-order chi connectivity index (χ1) is 15.0. The van der Waals surface area contributed by atoms with Gasteiger partial charge < -0.3 is 15.2 Å². The third-order valence-corrected chi connectivity index (χ3v) is 7.04. The fourth-order valence-electron chi connectivity index (χ4n) is 3.53. The van der Waals surface area contributed by atoms with Crippen LogP contribution in [-0.4, -0.2) is 39.8 Å². The van der Waals surface area contributed by atoms with Crippen molar-refractivity contribution in [2.24, 2.45) is 0 Å². The van der Waals surface area contributed by atoms with Gasteiger partial charge in [0, 0.05) is 35.9 Å². The number of fused-ring (bicyclic) bond motifs is 1. The third kappa shape index (κ3) is 4.86. The van der Waals surface area contributed by atoms with Gasteiger partial charge >= 0.3 is 0 Å². The lowest BCUT2D eigenvalue weighted by molar-refractivity contribution is -0.132. The Bertz CT molecular complexity index is 1180. The summed E-state index contributed by atoms with van der Waals surface area (Å²) >= 11 is 2.96. The first-order valence-electron chi connectivity index (χ1n) is 10.1. The fourth-order valence-corrected chi connectivity index (χ4v) is 4.89. The topological polar surface area (TPSA) is 78.1 Å². The van der Waals surface area contributed by atoms with Crippen molar-refractivity contribution in [1.82, 2.24) is 20.2 Å². The molecule has 0 aliphatic rings. The average Bonchev–Trinajstić information content (AvgIpc) is 3.54. The summed E-state index contributed by atoms with van der Waals surface area (Å²) in [6.07, 6.45) is 3.19. The van der Waals surface area contributed by atoms with Gasteiger partial charge in [-0.1, -0.05) is 31.2 Å². The van der Waals surface area contributed by atoms with Crippen molar-refractivity contribution < 1.29 is 9.59 Å². The van der Waals surface area contributed by atoms with Crippen molar-refractivity contribution in [2.45, 2.75) is 32.4 Å². The van der Waals surface area contributed by atoms with Gasteiger partial charge in [-0.25, -0.2) is 4.98 Å². The van der Waals surface area contributed by atoms with Crippen molar-refractivity contribution in [3.05, 3.63) is 74.5 Å². The van der Waals surface area contributed by atoms with Crippen LogP contribution in [0.3, 0.4) is 0 Å². The van der Waals surface area contributed by atoms with Gasteiger partial charge in [0.1, 0.15) is 6.04 Å². The standard InChI is InChI=1S/C23H24N4O2S2/c1-3-21-25-16(14-31-21)13-27(2)23(29)19(26-22(28)20-9-6-10-30-20)11-15-12-24-18-8-5-4-7-17(15)18/h4-10,12,14,19,24H,3,11,13H2,1-2H3,(H,26,28). The highest BCUT2D eigenvalue weighted by Gasteiger charge is 2.26. The van der Waals surface area contributed by atoms with Crippen LogP contribution in [-0.2, 0) is 24.2 Å². The van der Waals surface area contributed by atoms with Crippen molar-refractivity contribution >= 4 is 45.4 Å². The van der Waals surface area contributed by atoms with Gasteiger partial charge in [0.05, 0.1) is 22.1 Å². The Hall–Kier alpha value is -2.97. The molecule has 8 heteroatoms. The van der Waals surface area contributed by atoms with Crippen LogP contribution in [0.25, 0.3) is 10.9 Å². The van der Waals surface area contributed by atoms with Gasteiger partial charge in [-0.15, -0.1) is 22.7 Å². The lowest BCUT2D eigenvalue weighted by Gasteiger charge is -2.24. The maximum atomic E-state index is 13.4. The van der Waals surface area contributed by atoms with Crippen LogP contribution in [0, 0.1) is 0 Å². The van der Waals surface area contributed by atoms with Gasteiger partial charge in [0.25, 0.3) is 5.91 Å². The smallest absolute Gasteiger partial charge is 0.262 e. The van der Waals surface area contributed by atoms with Gasteiger partial charge in [-0.3, -0.25) is 9.59 Å². The van der Waals surface area contributed by atoms with Crippen molar-refractivity contribution in [3.8, 4) is 0 Å². The van der Waals surface area contributed by atoms with E-state index in [-0.39, 0.29) is 11.8 Å². The number of H-pyrrole nitrogens is 1. The Labute approximate surface area is 188 Å². The minimum absolute atomic E-state index is 0.138. The number of thiophene rings is 1. The Morgan fingerprint density at radius 3 is 2.77 bits per heavy atom. The second-order valence-electron chi connectivity index (χ2n) is 7.35. The molecule has 160 valence electrons. The molecule has 2 amide bonds. The molecule has 0 bridgehead atoms. The number of nitrogens with zero attached hydrogens (tertiary/aromatic N) is 2. The summed E-state index contributed by atoms with van der Waals surface area (Å²) in [4.78, 5) is 36.2. The minimum atomic E-state index is -0.678. The van der Waals surface area contributed by atoms with E-state index < -0.39 is 6.04 Å². The number of hydrogen-bond acceptors (Lipinski definition) is 5. The normalized spacial score (nSPS) is 12.1. The molecule has 4 aromatic rings. The number of aromatic nitrogens is 2. The zero-order valence-electron chi connectivity index (χ0n) is 17.4. The van der Waals surface area contributed by atoms with Crippen LogP contribution in [0.15, 0.2) is 53.4 Å². The third-order valence-electron chi connectivity index (χ3n) is 5.12. The maximum Gasteiger partial charge on any atom is 0.262 e. The van der Waals surface area contributed by atoms with Crippen LogP contribution in [0.4, 0.5) is 0 Å². The molecule has 3 aromatic heterocycles. The number of benzene rings is 1. The van der Waals surface area contributed by atoms with Gasteiger partial charge in [0.2, 0.25) is 5.91 Å². The number of likely N-dealkylation sites (N-methyl/N-ethyl adjacent to an activating group) is 1. The number of hydrogen-bond donors (Lipinski definition) is 2. The Kier molecular flexibility index (Phi) is 6.48. The summed E-state index contributed by atoms with van der Waals surface area (Å²) in [5, 5.41) is 8.90. The molecule has 0 aliphatic carbocycles. The van der Waals surface area contributed by atoms with Gasteiger partial charge in [-0.05, 0) is 29.5 Å². The largest absolute Gasteiger partial charge is 0.361 e. The molecule has 31 heavy (non-hydrogen) atoms. The number of aromatic amines is 1. The zero-order valence-corrected chi connectivity index (χ0v) is 19.1. The number of nitrogens with one attached hydrogen (secondary N) is 2. The van der Waals surface area contributed by atoms with Gasteiger partial charge in [-0.2, -0.15) is 0 Å². The number of para-hydroxylation sites is 1. The molecule has 1 unspecified atom stereocenters. The molecule has 4 rings (SSSR count). The SMILES string of the molecule is CCc1nc(CN(C)C(=O)C(Cc2c[nH]c3ccccc23)NC(=O)c2cccs2)cs1. The van der Waals surface area contributed by atoms with Crippen LogP contribution >= 0.6 is 22.7 Å². The molecular weight excluding hydrogens is 428 g/mol. The molecular formula is C23H24N4O2S2. The molecule has 3 heterocycles. The summed E-state index contributed by atoms with van der Waals surface area (Å²) in [7, 11) is 1.76. The molecule has 0 aliphatic heterocycles. The van der Waals surface area contributed by atoms with E-state index in [2.05, 4.69) is 22.2 Å². The number of thiazole rings is 1. The molecule has 0 spiro atoms. The van der Waals surface area contributed by atoms with Crippen molar-refractivity contribution in [1.29, 1.82) is 0 Å². The number of rotatable bonds is 8. The molecule has 0 radical (unpaired) electrons. The molecule has 2 N–H and O–H groups in total. The quantitative estimate of drug-likeness (QED) is 0.420. The lowest BCUT2D eigenvalue weighted by Crippen LogP contribution is -2.48. The van der Waals surface area contributed by atoms with E-state index in [1.54, 1.807) is 29.4 Å². The summed E-state index contributed by atoms with van der Waals surface area (Å²) in [6, 6.07) is 10.9. The van der Waals surface area contributed by atoms with E-state index >= 15 is 0 Å². The number of aryl methyl sites for hydroxylation is 1. The fraction of sp³-hybridized carbons (Fsp3) is 0.261. The predicted octanol–water partition coefficient (Wildman–Crippen LogP) is 4.25. The zero-order chi connectivity index (χ0) is 21.8. The van der Waals surface area contributed by atoms with Crippen LogP contribution in [0.2, 0.25) is 0 Å². The Morgan fingerprint density at radius 1 is 1.19 bits per heavy atom. The summed E-state index contributed by atoms with van der Waals surface area (Å²) in [6.45, 7) is 2.48. The average molecular weight is 453 g/mol. The highest BCUT2D eigenvalue weighted by molar-refractivity contribution is 7.12. The second kappa shape index (κ2) is 9.45. The van der Waals surface area contributed by atoms with Crippen molar-refractivity contribution in [3.63, 3.8) is 0 Å². The van der Waals surface area contributed by atoms with Crippen LogP contribution < -0.4 is 5.32 Å². The monoisotopic (exact) mass is 452 g/mol. The molecule has 0 saturated heterocycles. The number of carbonyl (C=O) groups excluding carboxylic acids is 2. The van der Waals surface area contributed by atoms with E-state index in [4.69, 9.17) is 0 Å². The summed E-state index contributed by atoms with van der Waals surface area (Å²) in [5.74, 6) is -0.371. The maximum absolute atomic E-state index is 13.4. The van der Waals surface area contributed by atoms with E-state index in [1.807, 2.05) is 47.3 Å². The summed E-state index contributed by atoms with van der Waals surface area (Å²) in [5.41, 5.74) is 2.88. The van der Waals surface area contributed by atoms with E-state index in [0.29, 0.717) is 17.8 Å². The molecule has 1 atom stereocenters. The van der Waals surface area contributed by atoms with E-state index in [1.165, 1.54) is 11.3 Å². The lowest BCUT2D eigenvalue weighted by atomic mass is 10.0. The number of amides is 2. The Balaban J connectivity index is 1.55. The molecule has 1 aromatic carbocycles. The van der Waals surface area contributed by atoms with Crippen LogP contribution in [0.1, 0.15) is 32.9 Å². The summed E-state index contributed by atoms with van der Waals surface area (Å²) < 4.78 is 0. The highest BCUT2D eigenvalue weighted by atomic mass is 32.1. The predicted molar refractivity (Wildman–Crippen MR) is 126 cm³/mol. The molecule has 6 nitrogen and oxygen atoms in total. The molecule has 0 fully saturated rings. The molecule has 0 saturated carbocycles. The van der Waals surface area contributed by atoms with E-state index in [9.17, 15) is 9.59 Å². The Morgan fingerprint density at radius 2 is 2.03 bits per heavy atom. The number of carbonyl (C=O) groups is 2. The minimum Gasteiger partial charge on any atom is -0.361 e.